The summed E-state index contributed by atoms with van der Waals surface area (Å²) in [7, 11) is 1.72. The molecule has 0 saturated heterocycles. The summed E-state index contributed by atoms with van der Waals surface area (Å²) in [5, 5.41) is 12.8. The molecule has 0 unspecified atom stereocenters. The Morgan fingerprint density at radius 3 is 2.67 bits per heavy atom. The highest BCUT2D eigenvalue weighted by molar-refractivity contribution is 5.97. The van der Waals surface area contributed by atoms with Gasteiger partial charge < -0.3 is 10.6 Å². The highest BCUT2D eigenvalue weighted by Gasteiger charge is 2.20. The number of nitrogen functional groups attached to an aromatic ring is 1. The first-order valence-corrected chi connectivity index (χ1v) is 6.62. The van der Waals surface area contributed by atoms with Gasteiger partial charge >= 0.3 is 0 Å². The summed E-state index contributed by atoms with van der Waals surface area (Å²) in [5.74, 6) is -0.170. The molecule has 6 heteroatoms. The van der Waals surface area contributed by atoms with E-state index in [0.29, 0.717) is 30.0 Å². The fraction of sp³-hybridized carbons (Fsp3) is 0.267. The van der Waals surface area contributed by atoms with E-state index in [1.807, 2.05) is 19.1 Å². The minimum Gasteiger partial charge on any atom is -0.396 e. The summed E-state index contributed by atoms with van der Waals surface area (Å²) in [6.07, 6.45) is 1.49. The van der Waals surface area contributed by atoms with E-state index >= 15 is 0 Å². The van der Waals surface area contributed by atoms with Gasteiger partial charge in [-0.3, -0.25) is 9.48 Å². The van der Waals surface area contributed by atoms with Gasteiger partial charge in [0.2, 0.25) is 0 Å². The zero-order valence-corrected chi connectivity index (χ0v) is 12.1. The van der Waals surface area contributed by atoms with Crippen molar-refractivity contribution < 1.29 is 4.79 Å². The third-order valence-corrected chi connectivity index (χ3v) is 3.22. The van der Waals surface area contributed by atoms with Crippen LogP contribution in [-0.4, -0.2) is 27.6 Å². The summed E-state index contributed by atoms with van der Waals surface area (Å²) < 4.78 is 1.59. The number of amides is 1. The van der Waals surface area contributed by atoms with Gasteiger partial charge in [0.25, 0.3) is 5.91 Å². The van der Waals surface area contributed by atoms with Crippen molar-refractivity contribution in [3.05, 3.63) is 47.3 Å². The molecule has 0 aliphatic rings. The molecule has 21 heavy (non-hydrogen) atoms. The van der Waals surface area contributed by atoms with Crippen LogP contribution in [0.5, 0.6) is 0 Å². The molecule has 1 aromatic carbocycles. The Balaban J connectivity index is 2.15. The van der Waals surface area contributed by atoms with E-state index in [1.165, 1.54) is 6.20 Å². The number of anilines is 1. The topological polar surface area (TPSA) is 87.9 Å². The molecular weight excluding hydrogens is 266 g/mol. The average molecular weight is 283 g/mol. The van der Waals surface area contributed by atoms with Crippen LogP contribution in [0.25, 0.3) is 0 Å². The number of rotatable bonds is 4. The average Bonchev–Trinajstić information content (AvgIpc) is 2.88. The summed E-state index contributed by atoms with van der Waals surface area (Å²) in [5.41, 5.74) is 8.16. The van der Waals surface area contributed by atoms with Crippen LogP contribution in [0.3, 0.4) is 0 Å². The predicted molar refractivity (Wildman–Crippen MR) is 79.3 cm³/mol. The van der Waals surface area contributed by atoms with Crippen molar-refractivity contribution in [1.82, 2.24) is 14.7 Å². The van der Waals surface area contributed by atoms with E-state index in [-0.39, 0.29) is 5.91 Å². The van der Waals surface area contributed by atoms with Crippen molar-refractivity contribution in [2.24, 2.45) is 0 Å². The van der Waals surface area contributed by atoms with Gasteiger partial charge in [-0.25, -0.2) is 0 Å². The molecule has 2 aromatic rings. The second-order valence-electron chi connectivity index (χ2n) is 4.73. The molecule has 0 bridgehead atoms. The van der Waals surface area contributed by atoms with E-state index in [4.69, 9.17) is 11.0 Å². The van der Waals surface area contributed by atoms with E-state index in [1.54, 1.807) is 28.8 Å². The maximum absolute atomic E-state index is 12.5. The molecule has 6 nitrogen and oxygen atoms in total. The quantitative estimate of drug-likeness (QED) is 0.923. The smallest absolute Gasteiger partial charge is 0.274 e. The molecule has 0 spiro atoms. The molecule has 1 aromatic heterocycles. The molecular formula is C15H17N5O. The Morgan fingerprint density at radius 1 is 1.43 bits per heavy atom. The fourth-order valence-corrected chi connectivity index (χ4v) is 2.08. The minimum atomic E-state index is -0.170. The third kappa shape index (κ3) is 3.03. The van der Waals surface area contributed by atoms with Gasteiger partial charge in [0.15, 0.2) is 0 Å². The molecule has 0 fully saturated rings. The second kappa shape index (κ2) is 6.09. The molecule has 0 aliphatic carbocycles. The van der Waals surface area contributed by atoms with Gasteiger partial charge in [-0.05, 0) is 24.6 Å². The first kappa shape index (κ1) is 14.6. The molecule has 0 saturated carbocycles. The molecule has 0 radical (unpaired) electrons. The maximum atomic E-state index is 12.5. The molecule has 0 atom stereocenters. The molecule has 1 amide bonds. The first-order valence-electron chi connectivity index (χ1n) is 6.62. The van der Waals surface area contributed by atoms with E-state index in [2.05, 4.69) is 11.2 Å². The third-order valence-electron chi connectivity index (χ3n) is 3.22. The largest absolute Gasteiger partial charge is 0.396 e. The van der Waals surface area contributed by atoms with Crippen LogP contribution in [0.15, 0.2) is 30.5 Å². The van der Waals surface area contributed by atoms with Crippen molar-refractivity contribution in [1.29, 1.82) is 5.26 Å². The Labute approximate surface area is 123 Å². The van der Waals surface area contributed by atoms with Gasteiger partial charge in [-0.15, -0.1) is 0 Å². The lowest BCUT2D eigenvalue weighted by Crippen LogP contribution is -2.29. The molecule has 2 rings (SSSR count). The monoisotopic (exact) mass is 283 g/mol. The van der Waals surface area contributed by atoms with Crippen LogP contribution in [0, 0.1) is 11.3 Å². The Morgan fingerprint density at radius 2 is 2.10 bits per heavy atom. The number of hydrogen-bond acceptors (Lipinski definition) is 4. The highest BCUT2D eigenvalue weighted by atomic mass is 16.2. The zero-order chi connectivity index (χ0) is 15.4. The summed E-state index contributed by atoms with van der Waals surface area (Å²) in [4.78, 5) is 14.1. The number of nitrogens with two attached hydrogens (primary N) is 1. The zero-order valence-electron chi connectivity index (χ0n) is 12.1. The van der Waals surface area contributed by atoms with Gasteiger partial charge in [-0.2, -0.15) is 10.4 Å². The SMILES string of the molecule is CCn1ncc(N)c1C(=O)N(C)Cc1ccc(C#N)cc1. The lowest BCUT2D eigenvalue weighted by atomic mass is 10.1. The molecule has 2 N–H and O–H groups in total. The van der Waals surface area contributed by atoms with Gasteiger partial charge in [0, 0.05) is 20.1 Å². The van der Waals surface area contributed by atoms with Crippen molar-refractivity contribution >= 4 is 11.6 Å². The Kier molecular flexibility index (Phi) is 4.24. The van der Waals surface area contributed by atoms with Crippen LogP contribution >= 0.6 is 0 Å². The number of hydrogen-bond donors (Lipinski definition) is 1. The van der Waals surface area contributed by atoms with E-state index < -0.39 is 0 Å². The van der Waals surface area contributed by atoms with Crippen LogP contribution in [-0.2, 0) is 13.1 Å². The number of aromatic nitrogens is 2. The van der Waals surface area contributed by atoms with Crippen molar-refractivity contribution in [2.45, 2.75) is 20.0 Å². The highest BCUT2D eigenvalue weighted by Crippen LogP contribution is 2.15. The summed E-state index contributed by atoms with van der Waals surface area (Å²) in [6.45, 7) is 2.94. The summed E-state index contributed by atoms with van der Waals surface area (Å²) in [6, 6.07) is 9.21. The molecule has 1 heterocycles. The van der Waals surface area contributed by atoms with Gasteiger partial charge in [-0.1, -0.05) is 12.1 Å². The maximum Gasteiger partial charge on any atom is 0.274 e. The fourth-order valence-electron chi connectivity index (χ4n) is 2.08. The summed E-state index contributed by atoms with van der Waals surface area (Å²) >= 11 is 0. The van der Waals surface area contributed by atoms with Crippen molar-refractivity contribution in [3.8, 4) is 6.07 Å². The van der Waals surface area contributed by atoms with Gasteiger partial charge in [0.1, 0.15) is 5.69 Å². The normalized spacial score (nSPS) is 10.1. The van der Waals surface area contributed by atoms with Gasteiger partial charge in [0.05, 0.1) is 23.5 Å². The van der Waals surface area contributed by atoms with E-state index in [0.717, 1.165) is 5.56 Å². The lowest BCUT2D eigenvalue weighted by molar-refractivity contribution is 0.0774. The number of nitrogens with zero attached hydrogens (tertiary/aromatic N) is 4. The standard InChI is InChI=1S/C15H17N5O/c1-3-20-14(13(17)9-18-20)15(21)19(2)10-12-6-4-11(8-16)5-7-12/h4-7,9H,3,10,17H2,1-2H3. The lowest BCUT2D eigenvalue weighted by Gasteiger charge is -2.18. The van der Waals surface area contributed by atoms with Crippen LogP contribution in [0.2, 0.25) is 0 Å². The van der Waals surface area contributed by atoms with E-state index in [9.17, 15) is 4.79 Å². The number of nitriles is 1. The number of carbonyl (C=O) groups is 1. The second-order valence-corrected chi connectivity index (χ2v) is 4.73. The van der Waals surface area contributed by atoms with Crippen molar-refractivity contribution in [2.75, 3.05) is 12.8 Å². The van der Waals surface area contributed by atoms with Crippen LogP contribution in [0.4, 0.5) is 5.69 Å². The first-order chi connectivity index (χ1) is 10.1. The number of benzene rings is 1. The number of aryl methyl sites for hydroxylation is 1. The minimum absolute atomic E-state index is 0.170. The predicted octanol–water partition coefficient (Wildman–Crippen LogP) is 1.63. The van der Waals surface area contributed by atoms with Crippen LogP contribution in [0.1, 0.15) is 28.5 Å². The Hall–Kier alpha value is -2.81. The van der Waals surface area contributed by atoms with Crippen molar-refractivity contribution in [3.63, 3.8) is 0 Å². The van der Waals surface area contributed by atoms with Crippen LogP contribution < -0.4 is 5.73 Å². The Bertz CT molecular complexity index is 681. The number of carbonyl (C=O) groups excluding carboxylic acids is 1. The molecule has 108 valence electrons. The molecule has 0 aliphatic heterocycles.